The topological polar surface area (TPSA) is 102 Å². The molecule has 1 aliphatic heterocycles. The summed E-state index contributed by atoms with van der Waals surface area (Å²) in [5.74, 6) is -2.93. The number of sulfone groups is 1. The highest BCUT2D eigenvalue weighted by atomic mass is 32.2. The number of fused-ring (bicyclic) bond motifs is 1. The number of pyridine rings is 1. The molecule has 1 saturated heterocycles. The first kappa shape index (κ1) is 23.9. The van der Waals surface area contributed by atoms with Gasteiger partial charge in [-0.1, -0.05) is 6.92 Å². The summed E-state index contributed by atoms with van der Waals surface area (Å²) in [6, 6.07) is 3.43. The van der Waals surface area contributed by atoms with E-state index < -0.39 is 38.2 Å². The van der Waals surface area contributed by atoms with Crippen LogP contribution in [0.5, 0.6) is 0 Å². The molecule has 0 spiro atoms. The second-order valence-electron chi connectivity index (χ2n) is 8.67. The molecule has 2 aromatic heterocycles. The minimum Gasteiger partial charge on any atom is -0.309 e. The zero-order valence-corrected chi connectivity index (χ0v) is 20.0. The Labute approximate surface area is 195 Å². The number of hydrogen-bond donors (Lipinski definition) is 0. The molecule has 0 bridgehead atoms. The Bertz CT molecular complexity index is 1480. The second kappa shape index (κ2) is 8.53. The van der Waals surface area contributed by atoms with Gasteiger partial charge in [-0.2, -0.15) is 4.98 Å². The zero-order chi connectivity index (χ0) is 24.9. The number of aromatic nitrogens is 3. The Morgan fingerprint density at radius 3 is 2.44 bits per heavy atom. The van der Waals surface area contributed by atoms with Crippen molar-refractivity contribution in [1.29, 1.82) is 0 Å². The fourth-order valence-electron chi connectivity index (χ4n) is 4.27. The van der Waals surface area contributed by atoms with Crippen molar-refractivity contribution in [3.8, 4) is 11.1 Å². The number of hydrogen-bond acceptors (Lipinski definition) is 6. The Balaban J connectivity index is 1.90. The molecule has 8 nitrogen and oxygen atoms in total. The zero-order valence-electron chi connectivity index (χ0n) is 19.2. The average Bonchev–Trinajstić information content (AvgIpc) is 3.14. The maximum absolute atomic E-state index is 15.3. The lowest BCUT2D eigenvalue weighted by atomic mass is 10.0. The third kappa shape index (κ3) is 3.87. The lowest BCUT2D eigenvalue weighted by Gasteiger charge is -2.19. The molecule has 4 rings (SSSR count). The van der Waals surface area contributed by atoms with E-state index in [1.54, 1.807) is 13.8 Å². The fraction of sp³-hybridized carbons (Fsp3) is 0.391. The predicted octanol–water partition coefficient (Wildman–Crippen LogP) is 3.48. The molecule has 0 N–H and O–H groups in total. The largest absolute Gasteiger partial charge is 0.309 e. The second-order valence-corrected chi connectivity index (χ2v) is 10.6. The summed E-state index contributed by atoms with van der Waals surface area (Å²) in [6.45, 7) is 5.55. The molecule has 1 unspecified atom stereocenters. The third-order valence-corrected chi connectivity index (χ3v) is 6.91. The van der Waals surface area contributed by atoms with Crippen LogP contribution in [0.15, 0.2) is 34.3 Å². The molecule has 1 atom stereocenters. The molecule has 180 valence electrons. The highest BCUT2D eigenvalue weighted by Crippen LogP contribution is 2.34. The van der Waals surface area contributed by atoms with Gasteiger partial charge in [0.25, 0.3) is 5.56 Å². The van der Waals surface area contributed by atoms with Crippen LogP contribution in [0.25, 0.3) is 22.2 Å². The van der Waals surface area contributed by atoms with Crippen LogP contribution in [0.3, 0.4) is 0 Å². The molecule has 1 aliphatic rings. The summed E-state index contributed by atoms with van der Waals surface area (Å²) in [6.07, 6.45) is 3.37. The van der Waals surface area contributed by atoms with Gasteiger partial charge >= 0.3 is 0 Å². The average molecular weight is 491 g/mol. The lowest BCUT2D eigenvalue weighted by molar-refractivity contribution is -0.120. The number of nitrogens with zero attached hydrogens (tertiary/aromatic N) is 4. The monoisotopic (exact) mass is 490 g/mol. The van der Waals surface area contributed by atoms with E-state index in [-0.39, 0.29) is 34.3 Å². The summed E-state index contributed by atoms with van der Waals surface area (Å²) in [4.78, 5) is 35.0. The predicted molar refractivity (Wildman–Crippen MR) is 123 cm³/mol. The van der Waals surface area contributed by atoms with Crippen LogP contribution >= 0.6 is 0 Å². The third-order valence-electron chi connectivity index (χ3n) is 6.05. The van der Waals surface area contributed by atoms with Gasteiger partial charge in [-0.25, -0.2) is 22.2 Å². The van der Waals surface area contributed by atoms with Gasteiger partial charge in [-0.05, 0) is 44.9 Å². The number of anilines is 1. The van der Waals surface area contributed by atoms with E-state index in [4.69, 9.17) is 0 Å². The van der Waals surface area contributed by atoms with Gasteiger partial charge < -0.3 is 4.90 Å². The number of halogens is 2. The van der Waals surface area contributed by atoms with E-state index in [0.29, 0.717) is 24.8 Å². The van der Waals surface area contributed by atoms with Crippen molar-refractivity contribution in [1.82, 2.24) is 14.5 Å². The van der Waals surface area contributed by atoms with Crippen molar-refractivity contribution in [2.45, 2.75) is 44.8 Å². The van der Waals surface area contributed by atoms with Crippen molar-refractivity contribution < 1.29 is 22.0 Å². The molecule has 11 heteroatoms. The Morgan fingerprint density at radius 2 is 1.85 bits per heavy atom. The van der Waals surface area contributed by atoms with Gasteiger partial charge in [0.15, 0.2) is 11.6 Å². The molecule has 0 saturated carbocycles. The Kier molecular flexibility index (Phi) is 6.01. The smallest absolute Gasteiger partial charge is 0.260 e. The number of carbonyl (C=O) groups is 1. The first-order chi connectivity index (χ1) is 16.0. The van der Waals surface area contributed by atoms with Crippen molar-refractivity contribution in [3.63, 3.8) is 0 Å². The molecule has 34 heavy (non-hydrogen) atoms. The molecule has 1 fully saturated rings. The molecule has 0 aliphatic carbocycles. The quantitative estimate of drug-likeness (QED) is 0.508. The fourth-order valence-corrected chi connectivity index (χ4v) is 4.76. The van der Waals surface area contributed by atoms with Crippen LogP contribution in [-0.4, -0.2) is 41.7 Å². The van der Waals surface area contributed by atoms with Gasteiger partial charge in [0.05, 0.1) is 11.3 Å². The van der Waals surface area contributed by atoms with E-state index >= 15 is 8.78 Å². The molecule has 1 amide bonds. The molecule has 1 aromatic carbocycles. The van der Waals surface area contributed by atoms with Crippen molar-refractivity contribution in [2.24, 2.45) is 5.92 Å². The molecule has 3 aromatic rings. The molecule has 3 heterocycles. The Hall–Kier alpha value is -3.21. The normalized spacial score (nSPS) is 16.7. The van der Waals surface area contributed by atoms with Crippen LogP contribution in [0.2, 0.25) is 0 Å². The lowest BCUT2D eigenvalue weighted by Crippen LogP contribution is -2.28. The first-order valence-corrected chi connectivity index (χ1v) is 12.8. The van der Waals surface area contributed by atoms with E-state index in [1.807, 2.05) is 6.92 Å². The maximum atomic E-state index is 15.3. The summed E-state index contributed by atoms with van der Waals surface area (Å²) >= 11 is 0. The SMILES string of the molecule is CCC1CCN(c2ccc(-c3cc4cnc(S(C)(=O)=O)nc4n(C(C)C)c3=O)c(F)c2F)C1=O. The summed E-state index contributed by atoms with van der Waals surface area (Å²) < 4.78 is 55.4. The maximum Gasteiger partial charge on any atom is 0.260 e. The summed E-state index contributed by atoms with van der Waals surface area (Å²) in [5.41, 5.74) is -1.14. The first-order valence-electron chi connectivity index (χ1n) is 10.9. The van der Waals surface area contributed by atoms with Crippen molar-refractivity contribution >= 4 is 32.5 Å². The van der Waals surface area contributed by atoms with Crippen LogP contribution in [0, 0.1) is 17.6 Å². The summed E-state index contributed by atoms with van der Waals surface area (Å²) in [7, 11) is -3.73. The molecular formula is C23H24F2N4O4S. The summed E-state index contributed by atoms with van der Waals surface area (Å²) in [5, 5.41) is -0.149. The van der Waals surface area contributed by atoms with E-state index in [9.17, 15) is 18.0 Å². The van der Waals surface area contributed by atoms with Crippen LogP contribution in [-0.2, 0) is 14.6 Å². The minimum atomic E-state index is -3.73. The van der Waals surface area contributed by atoms with E-state index in [1.165, 1.54) is 33.9 Å². The van der Waals surface area contributed by atoms with Crippen LogP contribution in [0.4, 0.5) is 14.5 Å². The van der Waals surface area contributed by atoms with E-state index in [2.05, 4.69) is 9.97 Å². The molecule has 0 radical (unpaired) electrons. The molecular weight excluding hydrogens is 466 g/mol. The van der Waals surface area contributed by atoms with Gasteiger partial charge in [-0.15, -0.1) is 0 Å². The van der Waals surface area contributed by atoms with Gasteiger partial charge in [-0.3, -0.25) is 14.2 Å². The number of carbonyl (C=O) groups excluding carboxylic acids is 1. The van der Waals surface area contributed by atoms with Crippen molar-refractivity contribution in [3.05, 3.63) is 46.4 Å². The van der Waals surface area contributed by atoms with Crippen LogP contribution < -0.4 is 10.5 Å². The number of benzene rings is 1. The highest BCUT2D eigenvalue weighted by molar-refractivity contribution is 7.90. The van der Waals surface area contributed by atoms with Gasteiger partial charge in [0.2, 0.25) is 20.9 Å². The van der Waals surface area contributed by atoms with Gasteiger partial charge in [0.1, 0.15) is 5.65 Å². The highest BCUT2D eigenvalue weighted by Gasteiger charge is 2.34. The Morgan fingerprint density at radius 1 is 1.15 bits per heavy atom. The van der Waals surface area contributed by atoms with Crippen molar-refractivity contribution in [2.75, 3.05) is 17.7 Å². The van der Waals surface area contributed by atoms with E-state index in [0.717, 1.165) is 6.26 Å². The van der Waals surface area contributed by atoms with Crippen LogP contribution in [0.1, 0.15) is 39.7 Å². The number of amides is 1. The number of rotatable bonds is 5. The van der Waals surface area contributed by atoms with Gasteiger partial charge in [0, 0.05) is 41.9 Å². The minimum absolute atomic E-state index is 0.0740. The standard InChI is InChI=1S/C23H24F2N4O4S/c1-5-13-8-9-28(21(13)30)17-7-6-15(18(24)19(17)25)16-10-14-11-26-23(34(4,32)33)27-20(14)29(12(2)3)22(16)31/h6-7,10-13H,5,8-9H2,1-4H3.